The molecular formula is C8H16O2. The van der Waals surface area contributed by atoms with Crippen LogP contribution in [0.4, 0.5) is 0 Å². The second-order valence-electron chi connectivity index (χ2n) is 1.06. The van der Waals surface area contributed by atoms with Crippen LogP contribution in [-0.2, 0) is 4.79 Å². The van der Waals surface area contributed by atoms with Crippen LogP contribution in [0, 0.1) is 0 Å². The van der Waals surface area contributed by atoms with E-state index in [9.17, 15) is 4.79 Å². The fraction of sp³-hybridized carbons (Fsp3) is 0.875. The second-order valence-corrected chi connectivity index (χ2v) is 1.06. The first-order valence-corrected chi connectivity index (χ1v) is 2.18. The smallest absolute Gasteiger partial charge is 0.303 e. The maximum Gasteiger partial charge on any atom is 0.303 e. The molecule has 2 heteroatoms. The van der Waals surface area contributed by atoms with Crippen LogP contribution >= 0.6 is 0 Å². The van der Waals surface area contributed by atoms with E-state index in [2.05, 4.69) is 0 Å². The fourth-order valence-corrected chi connectivity index (χ4v) is 0.178. The Kier molecular flexibility index (Phi) is 0.813. The van der Waals surface area contributed by atoms with E-state index in [1.165, 1.54) is 0 Å². The van der Waals surface area contributed by atoms with Crippen molar-refractivity contribution in [1.29, 1.82) is 0 Å². The van der Waals surface area contributed by atoms with Crippen molar-refractivity contribution in [2.75, 3.05) is 0 Å². The van der Waals surface area contributed by atoms with Gasteiger partial charge in [0, 0.05) is 26.9 Å². The molecule has 0 amide bonds. The molecule has 0 aliphatic rings. The minimum Gasteiger partial charge on any atom is -0.481 e. The van der Waals surface area contributed by atoms with E-state index in [0.29, 0.717) is 0 Å². The van der Waals surface area contributed by atoms with Gasteiger partial charge in [0.25, 0.3) is 0 Å². The van der Waals surface area contributed by atoms with Gasteiger partial charge in [-0.1, -0.05) is 32.3 Å². The van der Waals surface area contributed by atoms with E-state index >= 15 is 0 Å². The predicted molar refractivity (Wildman–Crippen MR) is 41.0 cm³/mol. The molecule has 0 bridgehead atoms. The average molecular weight is 159 g/mol. The zero-order chi connectivity index (χ0) is 21.1. The van der Waals surface area contributed by atoms with Crippen molar-refractivity contribution in [2.45, 2.75) is 45.1 Å². The highest BCUT2D eigenvalue weighted by Gasteiger charge is 1.94. The van der Waals surface area contributed by atoms with E-state index in [-0.39, 0.29) is 0 Å². The monoisotopic (exact) mass is 159 g/mol. The van der Waals surface area contributed by atoms with Crippen molar-refractivity contribution >= 4 is 5.97 Å². The van der Waals surface area contributed by atoms with Crippen LogP contribution in [0.5, 0.6) is 0 Å². The van der Waals surface area contributed by atoms with Crippen LogP contribution in [0.3, 0.4) is 0 Å². The molecule has 0 saturated carbocycles. The Labute approximate surface area is 83.3 Å². The summed E-state index contributed by atoms with van der Waals surface area (Å²) >= 11 is 0. The van der Waals surface area contributed by atoms with E-state index in [1.807, 2.05) is 0 Å². The molecule has 0 fully saturated rings. The largest absolute Gasteiger partial charge is 0.481 e. The lowest BCUT2D eigenvalue weighted by Gasteiger charge is -1.95. The van der Waals surface area contributed by atoms with Crippen molar-refractivity contribution in [1.82, 2.24) is 0 Å². The first-order valence-electron chi connectivity index (χ1n) is 9.68. The van der Waals surface area contributed by atoms with Gasteiger partial charge in [0.2, 0.25) is 0 Å². The Morgan fingerprint density at radius 1 is 1.50 bits per heavy atom. The van der Waals surface area contributed by atoms with Gasteiger partial charge >= 0.3 is 5.97 Å². The highest BCUT2D eigenvalue weighted by molar-refractivity contribution is 5.66. The summed E-state index contributed by atoms with van der Waals surface area (Å²) in [5.41, 5.74) is 0. The van der Waals surface area contributed by atoms with Crippen LogP contribution < -0.4 is 0 Å². The van der Waals surface area contributed by atoms with Gasteiger partial charge in [-0.25, -0.2) is 0 Å². The topological polar surface area (TPSA) is 37.3 Å². The molecule has 0 aromatic heterocycles. The lowest BCUT2D eigenvalue weighted by atomic mass is 10.1. The molecule has 0 radical (unpaired) electrons. The standard InChI is InChI=1S/C8H16O2/c1-2-3-4-5-6-7-8(9)10/h2-7H2,1H3,(H,9,10)/i1D3,2D2,3D2,4D2,5D2,6D2,7D2. The molecule has 10 heavy (non-hydrogen) atoms. The first-order chi connectivity index (χ1) is 10.4. The highest BCUT2D eigenvalue weighted by Crippen LogP contribution is 2.04. The molecule has 0 rings (SSSR count). The summed E-state index contributed by atoms with van der Waals surface area (Å²) in [4.78, 5) is 10.9. The van der Waals surface area contributed by atoms with Crippen LogP contribution in [-0.4, -0.2) is 11.1 Å². The summed E-state index contributed by atoms with van der Waals surface area (Å²) in [5, 5.41) is 8.74. The molecule has 0 aromatic carbocycles. The first kappa shape index (κ1) is 1.23. The summed E-state index contributed by atoms with van der Waals surface area (Å²) in [7, 11) is 0. The number of aliphatic carboxylic acids is 1. The number of carbonyl (C=O) groups is 1. The quantitative estimate of drug-likeness (QED) is 0.646. The van der Waals surface area contributed by atoms with Crippen molar-refractivity contribution in [3.05, 3.63) is 0 Å². The van der Waals surface area contributed by atoms with E-state index in [1.54, 1.807) is 0 Å². The van der Waals surface area contributed by atoms with Crippen molar-refractivity contribution in [3.8, 4) is 0 Å². The molecule has 0 aliphatic carbocycles. The Morgan fingerprint density at radius 3 is 2.80 bits per heavy atom. The number of hydrogen-bond donors (Lipinski definition) is 1. The average Bonchev–Trinajstić information content (AvgIpc) is 2.35. The lowest BCUT2D eigenvalue weighted by Crippen LogP contribution is -1.93. The van der Waals surface area contributed by atoms with Crippen molar-refractivity contribution < 1.29 is 30.5 Å². The van der Waals surface area contributed by atoms with Crippen molar-refractivity contribution in [3.63, 3.8) is 0 Å². The molecule has 60 valence electrons. The predicted octanol–water partition coefficient (Wildman–Crippen LogP) is 2.43. The number of carboxylic acid groups (broad SMARTS) is 1. The molecule has 0 aromatic rings. The number of carboxylic acids is 1. The lowest BCUT2D eigenvalue weighted by molar-refractivity contribution is -0.137. The van der Waals surface area contributed by atoms with Gasteiger partial charge in [-0.15, -0.1) is 0 Å². The Hall–Kier alpha value is -0.530. The highest BCUT2D eigenvalue weighted by atomic mass is 16.4. The Balaban J connectivity index is 6.55. The number of rotatable bonds is 6. The summed E-state index contributed by atoms with van der Waals surface area (Å²) < 4.78 is 110. The third-order valence-electron chi connectivity index (χ3n) is 0.419. The van der Waals surface area contributed by atoms with E-state index in [0.717, 1.165) is 0 Å². The van der Waals surface area contributed by atoms with Crippen LogP contribution in [0.25, 0.3) is 0 Å². The van der Waals surface area contributed by atoms with Gasteiger partial charge in [0.05, 0.1) is 0 Å². The van der Waals surface area contributed by atoms with Crippen LogP contribution in [0.15, 0.2) is 0 Å². The normalized spacial score (nSPS) is 41.8. The Morgan fingerprint density at radius 2 is 2.20 bits per heavy atom. The minimum absolute atomic E-state index is 2.50. The molecule has 0 heterocycles. The molecule has 0 atom stereocenters. The third kappa shape index (κ3) is 7.47. The molecule has 1 N–H and O–H groups in total. The van der Waals surface area contributed by atoms with E-state index in [4.69, 9.17) is 25.7 Å². The maximum absolute atomic E-state index is 10.9. The molecule has 0 saturated heterocycles. The maximum atomic E-state index is 10.9. The summed E-state index contributed by atoms with van der Waals surface area (Å²) in [6.45, 7) is -3.78. The van der Waals surface area contributed by atoms with Crippen LogP contribution in [0.1, 0.15) is 65.7 Å². The van der Waals surface area contributed by atoms with Crippen molar-refractivity contribution in [2.24, 2.45) is 0 Å². The SMILES string of the molecule is [2H]C([2H])([2H])C([2H])([2H])C([2H])([2H])C([2H])([2H])C([2H])([2H])C([2H])([2H])C([2H])([2H])C(=O)O. The zero-order valence-electron chi connectivity index (χ0n) is 19.9. The number of hydrogen-bond acceptors (Lipinski definition) is 1. The van der Waals surface area contributed by atoms with Gasteiger partial charge in [-0.2, -0.15) is 0 Å². The zero-order valence-corrected chi connectivity index (χ0v) is 4.86. The van der Waals surface area contributed by atoms with Gasteiger partial charge in [-0.05, 0) is 6.37 Å². The molecule has 0 unspecified atom stereocenters. The summed E-state index contributed by atoms with van der Waals surface area (Å²) in [6.07, 6.45) is -25.0. The van der Waals surface area contributed by atoms with E-state index < -0.39 is 51.1 Å². The molecule has 2 nitrogen and oxygen atoms in total. The second kappa shape index (κ2) is 6.59. The molecule has 0 spiro atoms. The van der Waals surface area contributed by atoms with Gasteiger partial charge < -0.3 is 5.11 Å². The fourth-order valence-electron chi connectivity index (χ4n) is 0.178. The summed E-state index contributed by atoms with van der Waals surface area (Å²) in [5.74, 6) is -2.50. The third-order valence-corrected chi connectivity index (χ3v) is 0.419. The Bertz CT molecular complexity index is 530. The summed E-state index contributed by atoms with van der Waals surface area (Å²) in [6, 6.07) is 0. The minimum atomic E-state index is -4.29. The van der Waals surface area contributed by atoms with Crippen LogP contribution in [0.2, 0.25) is 0 Å². The van der Waals surface area contributed by atoms with Gasteiger partial charge in [0.15, 0.2) is 0 Å². The van der Waals surface area contributed by atoms with Gasteiger partial charge in [-0.3, -0.25) is 4.79 Å². The molecule has 0 aliphatic heterocycles. The van der Waals surface area contributed by atoms with Gasteiger partial charge in [0.1, 0.15) is 0 Å². The molecular weight excluding hydrogens is 128 g/mol.